The predicted octanol–water partition coefficient (Wildman–Crippen LogP) is 3.63. The normalized spacial score (nSPS) is 12.6. The lowest BCUT2D eigenvalue weighted by Gasteiger charge is -2.12. The molecule has 0 aromatic heterocycles. The summed E-state index contributed by atoms with van der Waals surface area (Å²) in [7, 11) is 0. The number of halogens is 1. The maximum atomic E-state index is 6.03. The van der Waals surface area contributed by atoms with Gasteiger partial charge in [-0.15, -0.1) is 0 Å². The summed E-state index contributed by atoms with van der Waals surface area (Å²) < 4.78 is 5.58. The molecule has 1 atom stereocenters. The molecule has 0 amide bonds. The largest absolute Gasteiger partial charge is 0.375 e. The maximum absolute atomic E-state index is 6.03. The van der Waals surface area contributed by atoms with Crippen molar-refractivity contribution in [3.63, 3.8) is 0 Å². The molecule has 1 aromatic rings. The van der Waals surface area contributed by atoms with Crippen LogP contribution in [0.2, 0.25) is 5.02 Å². The van der Waals surface area contributed by atoms with E-state index in [1.165, 1.54) is 12.8 Å². The zero-order valence-electron chi connectivity index (χ0n) is 10.7. The van der Waals surface area contributed by atoms with E-state index in [9.17, 15) is 0 Å². The van der Waals surface area contributed by atoms with E-state index in [0.717, 1.165) is 23.7 Å². The van der Waals surface area contributed by atoms with Crippen LogP contribution >= 0.6 is 11.6 Å². The van der Waals surface area contributed by atoms with E-state index in [4.69, 9.17) is 16.3 Å². The van der Waals surface area contributed by atoms with Crippen molar-refractivity contribution in [3.05, 3.63) is 34.9 Å². The molecule has 1 aromatic carbocycles. The Balaban J connectivity index is 2.10. The minimum atomic E-state index is 0.573. The van der Waals surface area contributed by atoms with Crippen LogP contribution in [-0.2, 0) is 11.3 Å². The van der Waals surface area contributed by atoms with Crippen molar-refractivity contribution >= 4 is 11.6 Å². The van der Waals surface area contributed by atoms with Gasteiger partial charge >= 0.3 is 0 Å². The standard InChI is InChI=1S/C14H22ClNO/c1-3-6-12(2)16-9-10-17-11-13-7-4-5-8-14(13)15/h4-5,7-8,12,16H,3,6,9-11H2,1-2H3. The lowest BCUT2D eigenvalue weighted by molar-refractivity contribution is 0.121. The van der Waals surface area contributed by atoms with Crippen LogP contribution in [0.3, 0.4) is 0 Å². The van der Waals surface area contributed by atoms with Gasteiger partial charge in [-0.05, 0) is 25.0 Å². The van der Waals surface area contributed by atoms with Gasteiger partial charge in [0.1, 0.15) is 0 Å². The number of ether oxygens (including phenoxy) is 1. The Morgan fingerprint density at radius 2 is 2.12 bits per heavy atom. The topological polar surface area (TPSA) is 21.3 Å². The van der Waals surface area contributed by atoms with E-state index < -0.39 is 0 Å². The number of nitrogens with one attached hydrogen (secondary N) is 1. The maximum Gasteiger partial charge on any atom is 0.0731 e. The first-order valence-electron chi connectivity index (χ1n) is 6.28. The van der Waals surface area contributed by atoms with Crippen molar-refractivity contribution in [1.82, 2.24) is 5.32 Å². The average Bonchev–Trinajstić information content (AvgIpc) is 2.31. The van der Waals surface area contributed by atoms with Gasteiger partial charge < -0.3 is 10.1 Å². The Morgan fingerprint density at radius 3 is 2.82 bits per heavy atom. The molecule has 3 heteroatoms. The molecule has 1 rings (SSSR count). The van der Waals surface area contributed by atoms with Gasteiger partial charge in [0.15, 0.2) is 0 Å². The minimum absolute atomic E-state index is 0.573. The molecule has 0 saturated carbocycles. The highest BCUT2D eigenvalue weighted by Gasteiger charge is 2.00. The zero-order valence-corrected chi connectivity index (χ0v) is 11.5. The molecule has 2 nitrogen and oxygen atoms in total. The second-order valence-electron chi connectivity index (χ2n) is 4.29. The first-order chi connectivity index (χ1) is 8.24. The fourth-order valence-electron chi connectivity index (χ4n) is 1.71. The number of benzene rings is 1. The summed E-state index contributed by atoms with van der Waals surface area (Å²) in [5, 5.41) is 4.20. The first-order valence-corrected chi connectivity index (χ1v) is 6.66. The van der Waals surface area contributed by atoms with E-state index in [0.29, 0.717) is 12.6 Å². The monoisotopic (exact) mass is 255 g/mol. The molecule has 0 aliphatic rings. The second-order valence-corrected chi connectivity index (χ2v) is 4.70. The van der Waals surface area contributed by atoms with Gasteiger partial charge in [0.2, 0.25) is 0 Å². The summed E-state index contributed by atoms with van der Waals surface area (Å²) in [6.45, 7) is 6.61. The van der Waals surface area contributed by atoms with Crippen molar-refractivity contribution in [2.45, 2.75) is 39.3 Å². The molecule has 96 valence electrons. The average molecular weight is 256 g/mol. The van der Waals surface area contributed by atoms with Crippen LogP contribution in [0.15, 0.2) is 24.3 Å². The molecule has 0 radical (unpaired) electrons. The number of rotatable bonds is 8. The SMILES string of the molecule is CCCC(C)NCCOCc1ccccc1Cl. The molecule has 0 heterocycles. The number of hydrogen-bond acceptors (Lipinski definition) is 2. The van der Waals surface area contributed by atoms with Crippen molar-refractivity contribution < 1.29 is 4.74 Å². The molecule has 0 bridgehead atoms. The molecule has 0 spiro atoms. The summed E-state index contributed by atoms with van der Waals surface area (Å²) >= 11 is 6.03. The summed E-state index contributed by atoms with van der Waals surface area (Å²) in [6.07, 6.45) is 2.43. The van der Waals surface area contributed by atoms with Crippen LogP contribution in [-0.4, -0.2) is 19.2 Å². The van der Waals surface area contributed by atoms with E-state index in [-0.39, 0.29) is 0 Å². The third-order valence-electron chi connectivity index (χ3n) is 2.68. The van der Waals surface area contributed by atoms with Crippen molar-refractivity contribution in [1.29, 1.82) is 0 Å². The molecule has 1 N–H and O–H groups in total. The minimum Gasteiger partial charge on any atom is -0.375 e. The van der Waals surface area contributed by atoms with Crippen molar-refractivity contribution in [2.75, 3.05) is 13.2 Å². The van der Waals surface area contributed by atoms with Crippen LogP contribution < -0.4 is 5.32 Å². The van der Waals surface area contributed by atoms with Crippen LogP contribution in [0.5, 0.6) is 0 Å². The molecule has 1 unspecified atom stereocenters. The zero-order chi connectivity index (χ0) is 12.5. The smallest absolute Gasteiger partial charge is 0.0731 e. The Bertz CT molecular complexity index is 317. The third kappa shape index (κ3) is 6.06. The lowest BCUT2D eigenvalue weighted by Crippen LogP contribution is -2.29. The molecule has 0 saturated heterocycles. The van der Waals surface area contributed by atoms with E-state index in [1.807, 2.05) is 24.3 Å². The Morgan fingerprint density at radius 1 is 1.35 bits per heavy atom. The molecule has 0 aliphatic heterocycles. The van der Waals surface area contributed by atoms with Gasteiger partial charge in [-0.2, -0.15) is 0 Å². The van der Waals surface area contributed by atoms with Crippen LogP contribution in [0, 0.1) is 0 Å². The first kappa shape index (κ1) is 14.5. The number of hydrogen-bond donors (Lipinski definition) is 1. The molecule has 17 heavy (non-hydrogen) atoms. The highest BCUT2D eigenvalue weighted by atomic mass is 35.5. The van der Waals surface area contributed by atoms with E-state index >= 15 is 0 Å². The summed E-state index contributed by atoms with van der Waals surface area (Å²) in [5.74, 6) is 0. The Labute approximate surface area is 109 Å². The van der Waals surface area contributed by atoms with E-state index in [2.05, 4.69) is 19.2 Å². The van der Waals surface area contributed by atoms with Crippen molar-refractivity contribution in [2.24, 2.45) is 0 Å². The fourth-order valence-corrected chi connectivity index (χ4v) is 1.90. The van der Waals surface area contributed by atoms with Crippen LogP contribution in [0.1, 0.15) is 32.3 Å². The highest BCUT2D eigenvalue weighted by molar-refractivity contribution is 6.31. The molecular formula is C14H22ClNO. The van der Waals surface area contributed by atoms with Crippen LogP contribution in [0.4, 0.5) is 0 Å². The quantitative estimate of drug-likeness (QED) is 0.717. The van der Waals surface area contributed by atoms with E-state index in [1.54, 1.807) is 0 Å². The van der Waals surface area contributed by atoms with Gasteiger partial charge in [-0.1, -0.05) is 43.1 Å². The Hall–Kier alpha value is -0.570. The van der Waals surface area contributed by atoms with Crippen molar-refractivity contribution in [3.8, 4) is 0 Å². The third-order valence-corrected chi connectivity index (χ3v) is 3.05. The van der Waals surface area contributed by atoms with Gasteiger partial charge in [-0.3, -0.25) is 0 Å². The molecule has 0 aliphatic carbocycles. The second kappa shape index (κ2) is 8.51. The van der Waals surface area contributed by atoms with Gasteiger partial charge in [0.05, 0.1) is 13.2 Å². The summed E-state index contributed by atoms with van der Waals surface area (Å²) in [5.41, 5.74) is 1.05. The summed E-state index contributed by atoms with van der Waals surface area (Å²) in [6, 6.07) is 8.37. The van der Waals surface area contributed by atoms with Gasteiger partial charge in [-0.25, -0.2) is 0 Å². The lowest BCUT2D eigenvalue weighted by atomic mass is 10.2. The molecular weight excluding hydrogens is 234 g/mol. The predicted molar refractivity (Wildman–Crippen MR) is 73.5 cm³/mol. The van der Waals surface area contributed by atoms with Crippen LogP contribution in [0.25, 0.3) is 0 Å². The Kier molecular flexibility index (Phi) is 7.25. The fraction of sp³-hybridized carbons (Fsp3) is 0.571. The highest BCUT2D eigenvalue weighted by Crippen LogP contribution is 2.15. The molecule has 0 fully saturated rings. The summed E-state index contributed by atoms with van der Waals surface area (Å²) in [4.78, 5) is 0. The van der Waals surface area contributed by atoms with Gasteiger partial charge in [0.25, 0.3) is 0 Å². The van der Waals surface area contributed by atoms with Gasteiger partial charge in [0, 0.05) is 17.6 Å².